The second-order valence-corrected chi connectivity index (χ2v) is 5.79. The van der Waals surface area contributed by atoms with Crippen molar-refractivity contribution in [2.45, 2.75) is 13.2 Å². The van der Waals surface area contributed by atoms with E-state index in [1.165, 1.54) is 0 Å². The number of benzene rings is 1. The molecule has 0 bridgehead atoms. The van der Waals surface area contributed by atoms with E-state index in [4.69, 9.17) is 21.1 Å². The minimum atomic E-state index is -0.498. The van der Waals surface area contributed by atoms with Gasteiger partial charge in [-0.25, -0.2) is 9.97 Å². The van der Waals surface area contributed by atoms with Gasteiger partial charge in [-0.3, -0.25) is 0 Å². The largest absolute Gasteiger partial charge is 0.341 e. The molecule has 0 amide bonds. The number of allylic oxidation sites excluding steroid dienone is 1. The highest BCUT2D eigenvalue weighted by Gasteiger charge is 2.18. The predicted molar refractivity (Wildman–Crippen MR) is 93.4 cm³/mol. The van der Waals surface area contributed by atoms with Gasteiger partial charge in [-0.1, -0.05) is 29.7 Å². The van der Waals surface area contributed by atoms with Gasteiger partial charge in [0.25, 0.3) is 0 Å². The third-order valence-electron chi connectivity index (χ3n) is 3.48. The van der Waals surface area contributed by atoms with Gasteiger partial charge in [0.1, 0.15) is 0 Å². The Labute approximate surface area is 146 Å². The van der Waals surface area contributed by atoms with Gasteiger partial charge in [0.2, 0.25) is 6.29 Å². The van der Waals surface area contributed by atoms with E-state index in [2.05, 4.69) is 27.9 Å². The maximum Gasteiger partial charge on any atom is 0.222 e. The van der Waals surface area contributed by atoms with Crippen LogP contribution in [-0.2, 0) is 9.47 Å². The quantitative estimate of drug-likeness (QED) is 0.617. The first kappa shape index (κ1) is 16.7. The van der Waals surface area contributed by atoms with E-state index in [1.54, 1.807) is 12.4 Å². The number of halogens is 1. The van der Waals surface area contributed by atoms with Crippen molar-refractivity contribution < 1.29 is 9.47 Å². The second kappa shape index (κ2) is 8.07. The van der Waals surface area contributed by atoms with Gasteiger partial charge < -0.3 is 9.47 Å². The van der Waals surface area contributed by atoms with Crippen LogP contribution in [-0.4, -0.2) is 29.5 Å². The Kier molecular flexibility index (Phi) is 5.60. The molecule has 2 aromatic rings. The molecule has 1 aromatic heterocycles. The van der Waals surface area contributed by atoms with Crippen LogP contribution in [0, 0.1) is 17.8 Å². The fourth-order valence-electron chi connectivity index (χ4n) is 2.27. The summed E-state index contributed by atoms with van der Waals surface area (Å²) in [5.74, 6) is 6.87. The topological polar surface area (TPSA) is 44.2 Å². The van der Waals surface area contributed by atoms with Gasteiger partial charge in [0.05, 0.1) is 18.8 Å². The van der Waals surface area contributed by atoms with Crippen LogP contribution in [0.2, 0.25) is 5.02 Å². The summed E-state index contributed by atoms with van der Waals surface area (Å²) in [6, 6.07) is 7.39. The molecule has 0 spiro atoms. The summed E-state index contributed by atoms with van der Waals surface area (Å²) in [4.78, 5) is 8.66. The van der Waals surface area contributed by atoms with Crippen LogP contribution in [0.4, 0.5) is 0 Å². The van der Waals surface area contributed by atoms with Gasteiger partial charge in [-0.2, -0.15) is 0 Å². The van der Waals surface area contributed by atoms with Gasteiger partial charge in [0, 0.05) is 28.9 Å². The molecule has 0 unspecified atom stereocenters. The molecule has 2 heterocycles. The Morgan fingerprint density at radius 3 is 2.42 bits per heavy atom. The van der Waals surface area contributed by atoms with E-state index in [0.29, 0.717) is 30.0 Å². The fraction of sp³-hybridized carbons (Fsp3) is 0.263. The van der Waals surface area contributed by atoms with Crippen molar-refractivity contribution >= 4 is 11.6 Å². The molecule has 5 heteroatoms. The summed E-state index contributed by atoms with van der Waals surface area (Å²) in [5.41, 5.74) is 1.63. The van der Waals surface area contributed by atoms with Crippen molar-refractivity contribution in [1.29, 1.82) is 0 Å². The standard InChI is InChI=1S/C19H17ClN2O2/c1-2-3-15-12-23-18(24-13-15)9-4-14-10-21-19(22-11-14)16-5-7-17(20)8-6-16/h2-3,5-8,10-11,15,18H,12-13H2,1H3/t15-,18-. The van der Waals surface area contributed by atoms with Crippen molar-refractivity contribution in [3.05, 3.63) is 59.4 Å². The van der Waals surface area contributed by atoms with Crippen molar-refractivity contribution in [3.8, 4) is 23.2 Å². The third kappa shape index (κ3) is 4.42. The fourth-order valence-corrected chi connectivity index (χ4v) is 2.39. The predicted octanol–water partition coefficient (Wildman–Crippen LogP) is 3.71. The second-order valence-electron chi connectivity index (χ2n) is 5.36. The minimum absolute atomic E-state index is 0.301. The lowest BCUT2D eigenvalue weighted by Crippen LogP contribution is -2.30. The summed E-state index contributed by atoms with van der Waals surface area (Å²) >= 11 is 5.88. The number of hydrogen-bond donors (Lipinski definition) is 0. The molecule has 0 saturated carbocycles. The first-order chi connectivity index (χ1) is 11.7. The molecule has 1 aliphatic rings. The lowest BCUT2D eigenvalue weighted by molar-refractivity contribution is -0.160. The molecule has 1 aromatic carbocycles. The molecule has 4 nitrogen and oxygen atoms in total. The molecule has 0 radical (unpaired) electrons. The van der Waals surface area contributed by atoms with Crippen LogP contribution in [0.5, 0.6) is 0 Å². The summed E-state index contributed by atoms with van der Waals surface area (Å²) in [7, 11) is 0. The number of rotatable bonds is 2. The highest BCUT2D eigenvalue weighted by molar-refractivity contribution is 6.30. The SMILES string of the molecule is CC=C[C@H]1CO[C@H](C#Cc2cnc(-c3ccc(Cl)cc3)nc2)OC1. The molecule has 122 valence electrons. The lowest BCUT2D eigenvalue weighted by Gasteiger charge is -2.24. The molecule has 1 saturated heterocycles. The Hall–Kier alpha value is -2.19. The average Bonchev–Trinajstić information content (AvgIpc) is 2.63. The van der Waals surface area contributed by atoms with E-state index in [-0.39, 0.29) is 0 Å². The third-order valence-corrected chi connectivity index (χ3v) is 3.73. The molecule has 3 rings (SSSR count). The summed E-state index contributed by atoms with van der Waals surface area (Å²) < 4.78 is 11.1. The molecule has 24 heavy (non-hydrogen) atoms. The van der Waals surface area contributed by atoms with E-state index >= 15 is 0 Å². The summed E-state index contributed by atoms with van der Waals surface area (Å²) in [5, 5.41) is 0.686. The van der Waals surface area contributed by atoms with Crippen LogP contribution >= 0.6 is 11.6 Å². The zero-order valence-corrected chi connectivity index (χ0v) is 14.0. The summed E-state index contributed by atoms with van der Waals surface area (Å²) in [6.45, 7) is 3.23. The molecule has 0 aliphatic carbocycles. The highest BCUT2D eigenvalue weighted by atomic mass is 35.5. The van der Waals surface area contributed by atoms with Crippen molar-refractivity contribution in [2.24, 2.45) is 5.92 Å². The molecule has 1 fully saturated rings. The Morgan fingerprint density at radius 1 is 1.12 bits per heavy atom. The monoisotopic (exact) mass is 340 g/mol. The first-order valence-corrected chi connectivity index (χ1v) is 8.08. The maximum absolute atomic E-state index is 5.88. The van der Waals surface area contributed by atoms with Crippen molar-refractivity contribution in [3.63, 3.8) is 0 Å². The highest BCUT2D eigenvalue weighted by Crippen LogP contribution is 2.17. The molecule has 1 aliphatic heterocycles. The zero-order valence-electron chi connectivity index (χ0n) is 13.3. The minimum Gasteiger partial charge on any atom is -0.341 e. The average molecular weight is 341 g/mol. The number of nitrogens with zero attached hydrogens (tertiary/aromatic N) is 2. The normalized spacial score (nSPS) is 20.6. The zero-order chi connectivity index (χ0) is 16.8. The smallest absolute Gasteiger partial charge is 0.222 e. The van der Waals surface area contributed by atoms with Crippen LogP contribution in [0.3, 0.4) is 0 Å². The van der Waals surface area contributed by atoms with Gasteiger partial charge in [-0.15, -0.1) is 0 Å². The maximum atomic E-state index is 5.88. The molecular weight excluding hydrogens is 324 g/mol. The number of ether oxygens (including phenoxy) is 2. The van der Waals surface area contributed by atoms with Gasteiger partial charge in [0.15, 0.2) is 5.82 Å². The van der Waals surface area contributed by atoms with E-state index in [0.717, 1.165) is 11.1 Å². The number of aromatic nitrogens is 2. The van der Waals surface area contributed by atoms with Crippen LogP contribution in [0.15, 0.2) is 48.8 Å². The lowest BCUT2D eigenvalue weighted by atomic mass is 10.1. The Balaban J connectivity index is 1.62. The van der Waals surface area contributed by atoms with Crippen molar-refractivity contribution in [2.75, 3.05) is 13.2 Å². The van der Waals surface area contributed by atoms with E-state index in [1.807, 2.05) is 37.3 Å². The first-order valence-electron chi connectivity index (χ1n) is 7.70. The van der Waals surface area contributed by atoms with Gasteiger partial charge in [-0.05, 0) is 37.1 Å². The summed E-state index contributed by atoms with van der Waals surface area (Å²) in [6.07, 6.45) is 6.96. The Bertz CT molecular complexity index is 753. The van der Waals surface area contributed by atoms with Gasteiger partial charge >= 0.3 is 0 Å². The van der Waals surface area contributed by atoms with Crippen molar-refractivity contribution in [1.82, 2.24) is 9.97 Å². The Morgan fingerprint density at radius 2 is 1.79 bits per heavy atom. The van der Waals surface area contributed by atoms with E-state index in [9.17, 15) is 0 Å². The molecular formula is C19H17ClN2O2. The van der Waals surface area contributed by atoms with Crippen LogP contribution in [0.25, 0.3) is 11.4 Å². The van der Waals surface area contributed by atoms with E-state index < -0.39 is 6.29 Å². The molecule has 0 atom stereocenters. The molecule has 0 N–H and O–H groups in total. The van der Waals surface area contributed by atoms with Crippen LogP contribution in [0.1, 0.15) is 12.5 Å². The number of hydrogen-bond acceptors (Lipinski definition) is 4. The van der Waals surface area contributed by atoms with Crippen LogP contribution < -0.4 is 0 Å².